The van der Waals surface area contributed by atoms with Crippen molar-refractivity contribution in [3.8, 4) is 5.75 Å². The maximum atomic E-state index is 12.0. The second kappa shape index (κ2) is 6.54. The average molecular weight is 264 g/mol. The van der Waals surface area contributed by atoms with Gasteiger partial charge >= 0.3 is 0 Å². The molecular formula is C14H20N2O3. The van der Waals surface area contributed by atoms with Crippen molar-refractivity contribution in [2.24, 2.45) is 5.73 Å². The zero-order valence-corrected chi connectivity index (χ0v) is 10.9. The lowest BCUT2D eigenvalue weighted by Gasteiger charge is -2.22. The van der Waals surface area contributed by atoms with Gasteiger partial charge in [0.1, 0.15) is 5.75 Å². The first-order valence-corrected chi connectivity index (χ1v) is 6.56. The molecule has 19 heavy (non-hydrogen) atoms. The quantitative estimate of drug-likeness (QED) is 0.812. The van der Waals surface area contributed by atoms with Gasteiger partial charge in [-0.25, -0.2) is 0 Å². The molecule has 1 aromatic rings. The maximum Gasteiger partial charge on any atom is 0.260 e. The van der Waals surface area contributed by atoms with E-state index in [0.717, 1.165) is 18.4 Å². The first-order chi connectivity index (χ1) is 9.24. The number of aliphatic hydroxyl groups is 1. The summed E-state index contributed by atoms with van der Waals surface area (Å²) in [6.07, 6.45) is 1.82. The van der Waals surface area contributed by atoms with Crippen molar-refractivity contribution in [3.63, 3.8) is 0 Å². The van der Waals surface area contributed by atoms with E-state index in [-0.39, 0.29) is 25.2 Å². The summed E-state index contributed by atoms with van der Waals surface area (Å²) in [4.78, 5) is 13.7. The fourth-order valence-corrected chi connectivity index (χ4v) is 2.30. The first kappa shape index (κ1) is 13.8. The Morgan fingerprint density at radius 3 is 2.79 bits per heavy atom. The topological polar surface area (TPSA) is 75.8 Å². The third-order valence-electron chi connectivity index (χ3n) is 3.43. The molecule has 0 saturated carbocycles. The number of likely N-dealkylation sites (tertiary alicyclic amines) is 1. The van der Waals surface area contributed by atoms with Crippen LogP contribution in [0.3, 0.4) is 0 Å². The molecule has 1 atom stereocenters. The molecule has 1 amide bonds. The summed E-state index contributed by atoms with van der Waals surface area (Å²) >= 11 is 0. The molecule has 5 heteroatoms. The lowest BCUT2D eigenvalue weighted by atomic mass is 10.2. The average Bonchev–Trinajstić information content (AvgIpc) is 2.93. The maximum absolute atomic E-state index is 12.0. The number of nitrogens with zero attached hydrogens (tertiary/aromatic N) is 1. The Balaban J connectivity index is 1.85. The van der Waals surface area contributed by atoms with Gasteiger partial charge in [-0.1, -0.05) is 12.1 Å². The molecule has 0 aromatic heterocycles. The summed E-state index contributed by atoms with van der Waals surface area (Å²) < 4.78 is 5.46. The lowest BCUT2D eigenvalue weighted by molar-refractivity contribution is -0.134. The van der Waals surface area contributed by atoms with Gasteiger partial charge in [-0.3, -0.25) is 4.79 Å². The smallest absolute Gasteiger partial charge is 0.260 e. The second-order valence-corrected chi connectivity index (χ2v) is 4.70. The zero-order chi connectivity index (χ0) is 13.7. The zero-order valence-electron chi connectivity index (χ0n) is 10.9. The number of carbonyl (C=O) groups is 1. The largest absolute Gasteiger partial charge is 0.484 e. The Kier molecular flexibility index (Phi) is 4.76. The number of aliphatic hydroxyl groups excluding tert-OH is 1. The molecule has 3 N–H and O–H groups in total. The van der Waals surface area contributed by atoms with E-state index in [4.69, 9.17) is 10.5 Å². The summed E-state index contributed by atoms with van der Waals surface area (Å²) in [5, 5.41) is 9.18. The van der Waals surface area contributed by atoms with Gasteiger partial charge in [0.05, 0.1) is 12.6 Å². The summed E-state index contributed by atoms with van der Waals surface area (Å²) in [5.41, 5.74) is 6.54. The Morgan fingerprint density at radius 1 is 1.42 bits per heavy atom. The van der Waals surface area contributed by atoms with Crippen LogP contribution in [0.25, 0.3) is 0 Å². The number of hydrogen-bond donors (Lipinski definition) is 2. The minimum absolute atomic E-state index is 0.0124. The first-order valence-electron chi connectivity index (χ1n) is 6.56. The van der Waals surface area contributed by atoms with E-state index in [2.05, 4.69) is 0 Å². The number of benzene rings is 1. The molecule has 1 aliphatic rings. The highest BCUT2D eigenvalue weighted by Gasteiger charge is 2.27. The van der Waals surface area contributed by atoms with Crippen LogP contribution in [0.2, 0.25) is 0 Å². The van der Waals surface area contributed by atoms with Crippen molar-refractivity contribution in [3.05, 3.63) is 29.8 Å². The predicted molar refractivity (Wildman–Crippen MR) is 71.6 cm³/mol. The summed E-state index contributed by atoms with van der Waals surface area (Å²) in [7, 11) is 0. The van der Waals surface area contributed by atoms with Crippen molar-refractivity contribution < 1.29 is 14.6 Å². The Bertz CT molecular complexity index is 419. The van der Waals surface area contributed by atoms with E-state index in [1.54, 1.807) is 4.90 Å². The number of nitrogens with two attached hydrogens (primary N) is 1. The minimum Gasteiger partial charge on any atom is -0.484 e. The molecule has 2 rings (SSSR count). The third kappa shape index (κ3) is 3.45. The van der Waals surface area contributed by atoms with E-state index in [1.807, 2.05) is 24.3 Å². The number of carbonyl (C=O) groups excluding carboxylic acids is 1. The van der Waals surface area contributed by atoms with Crippen LogP contribution in [0, 0.1) is 0 Å². The molecule has 5 nitrogen and oxygen atoms in total. The van der Waals surface area contributed by atoms with Crippen LogP contribution in [0.15, 0.2) is 24.3 Å². The molecule has 1 aromatic carbocycles. The summed E-state index contributed by atoms with van der Waals surface area (Å²) in [6, 6.07) is 7.33. The number of hydrogen-bond acceptors (Lipinski definition) is 4. The van der Waals surface area contributed by atoms with E-state index in [9.17, 15) is 9.90 Å². The van der Waals surface area contributed by atoms with Gasteiger partial charge in [-0.15, -0.1) is 0 Å². The molecule has 1 aliphatic heterocycles. The van der Waals surface area contributed by atoms with Crippen LogP contribution in [0.4, 0.5) is 0 Å². The normalized spacial score (nSPS) is 18.6. The molecule has 0 aliphatic carbocycles. The monoisotopic (exact) mass is 264 g/mol. The van der Waals surface area contributed by atoms with Crippen LogP contribution in [0.1, 0.15) is 18.4 Å². The van der Waals surface area contributed by atoms with Gasteiger partial charge in [0.25, 0.3) is 5.91 Å². The van der Waals surface area contributed by atoms with Crippen LogP contribution in [-0.2, 0) is 11.3 Å². The Hall–Kier alpha value is -1.59. The fourth-order valence-electron chi connectivity index (χ4n) is 2.30. The van der Waals surface area contributed by atoms with E-state index >= 15 is 0 Å². The predicted octanol–water partition coefficient (Wildman–Crippen LogP) is 0.507. The standard InChI is InChI=1S/C14H20N2O3/c15-8-11-3-5-13(6-4-11)19-10-14(18)16-7-1-2-12(16)9-17/h3-6,12,17H,1-2,7-10,15H2/t12-/m1/s1. The Labute approximate surface area is 113 Å². The van der Waals surface area contributed by atoms with Crippen LogP contribution in [-0.4, -0.2) is 41.7 Å². The molecule has 0 bridgehead atoms. The molecular weight excluding hydrogens is 244 g/mol. The molecule has 0 radical (unpaired) electrons. The van der Waals surface area contributed by atoms with Gasteiger partial charge in [0.2, 0.25) is 0 Å². The van der Waals surface area contributed by atoms with Gasteiger partial charge in [0, 0.05) is 13.1 Å². The van der Waals surface area contributed by atoms with Crippen molar-refractivity contribution >= 4 is 5.91 Å². The van der Waals surface area contributed by atoms with Gasteiger partial charge < -0.3 is 20.5 Å². The number of amides is 1. The van der Waals surface area contributed by atoms with Crippen LogP contribution >= 0.6 is 0 Å². The molecule has 1 saturated heterocycles. The van der Waals surface area contributed by atoms with Gasteiger partial charge in [0.15, 0.2) is 6.61 Å². The van der Waals surface area contributed by atoms with Crippen molar-refractivity contribution in [2.45, 2.75) is 25.4 Å². The lowest BCUT2D eigenvalue weighted by Crippen LogP contribution is -2.40. The summed E-state index contributed by atoms with van der Waals surface area (Å²) in [5.74, 6) is 0.588. The minimum atomic E-state index is -0.0700. The highest BCUT2D eigenvalue weighted by Crippen LogP contribution is 2.17. The van der Waals surface area contributed by atoms with Crippen molar-refractivity contribution in [2.75, 3.05) is 19.8 Å². The Morgan fingerprint density at radius 2 is 2.16 bits per heavy atom. The highest BCUT2D eigenvalue weighted by atomic mass is 16.5. The third-order valence-corrected chi connectivity index (χ3v) is 3.43. The van der Waals surface area contributed by atoms with Crippen LogP contribution in [0.5, 0.6) is 5.75 Å². The SMILES string of the molecule is NCc1ccc(OCC(=O)N2CCC[C@@H]2CO)cc1. The molecule has 104 valence electrons. The van der Waals surface area contributed by atoms with Crippen molar-refractivity contribution in [1.82, 2.24) is 4.90 Å². The molecule has 0 spiro atoms. The molecule has 1 heterocycles. The van der Waals surface area contributed by atoms with E-state index in [1.165, 1.54) is 0 Å². The molecule has 0 unspecified atom stereocenters. The fraction of sp³-hybridized carbons (Fsp3) is 0.500. The van der Waals surface area contributed by atoms with E-state index in [0.29, 0.717) is 18.8 Å². The van der Waals surface area contributed by atoms with Crippen LogP contribution < -0.4 is 10.5 Å². The van der Waals surface area contributed by atoms with E-state index < -0.39 is 0 Å². The van der Waals surface area contributed by atoms with Crippen molar-refractivity contribution in [1.29, 1.82) is 0 Å². The highest BCUT2D eigenvalue weighted by molar-refractivity contribution is 5.78. The second-order valence-electron chi connectivity index (χ2n) is 4.70. The van der Waals surface area contributed by atoms with Gasteiger partial charge in [-0.05, 0) is 30.5 Å². The van der Waals surface area contributed by atoms with Gasteiger partial charge in [-0.2, -0.15) is 0 Å². The number of ether oxygens (including phenoxy) is 1. The summed E-state index contributed by atoms with van der Waals surface area (Å²) in [6.45, 7) is 1.24. The molecule has 1 fully saturated rings. The number of rotatable bonds is 5.